The molecule has 3 atom stereocenters. The molecule has 4 heteroatoms. The van der Waals surface area contributed by atoms with Crippen molar-refractivity contribution in [2.45, 2.75) is 51.3 Å². The van der Waals surface area contributed by atoms with Gasteiger partial charge in [0.2, 0.25) is 0 Å². The first kappa shape index (κ1) is 11.8. The molecule has 0 spiro atoms. The SMILES string of the molecule is CC1CCCC(C(O)CC(F)(F)F)C1. The highest BCUT2D eigenvalue weighted by molar-refractivity contribution is 4.77. The summed E-state index contributed by atoms with van der Waals surface area (Å²) in [6, 6.07) is 0. The van der Waals surface area contributed by atoms with Crippen LogP contribution < -0.4 is 0 Å². The van der Waals surface area contributed by atoms with Gasteiger partial charge in [-0.25, -0.2) is 0 Å². The third-order valence-electron chi connectivity index (χ3n) is 2.96. The molecule has 1 saturated carbocycles. The largest absolute Gasteiger partial charge is 0.392 e. The first-order valence-electron chi connectivity index (χ1n) is 5.13. The zero-order valence-electron chi connectivity index (χ0n) is 8.35. The van der Waals surface area contributed by atoms with E-state index in [-0.39, 0.29) is 5.92 Å². The predicted molar refractivity (Wildman–Crippen MR) is 47.8 cm³/mol. The molecular formula is C10H17F3O. The van der Waals surface area contributed by atoms with Crippen molar-refractivity contribution >= 4 is 0 Å². The van der Waals surface area contributed by atoms with E-state index in [0.29, 0.717) is 5.92 Å². The van der Waals surface area contributed by atoms with E-state index in [0.717, 1.165) is 25.7 Å². The summed E-state index contributed by atoms with van der Waals surface area (Å²) in [4.78, 5) is 0. The Hall–Kier alpha value is -0.250. The minimum absolute atomic E-state index is 0.152. The van der Waals surface area contributed by atoms with Crippen molar-refractivity contribution in [2.75, 3.05) is 0 Å². The van der Waals surface area contributed by atoms with Crippen molar-refractivity contribution in [1.29, 1.82) is 0 Å². The lowest BCUT2D eigenvalue weighted by Gasteiger charge is -2.30. The quantitative estimate of drug-likeness (QED) is 0.742. The molecule has 0 bridgehead atoms. The number of aliphatic hydroxyl groups excluding tert-OH is 1. The molecule has 0 aromatic carbocycles. The normalized spacial score (nSPS) is 31.5. The van der Waals surface area contributed by atoms with Gasteiger partial charge in [-0.05, 0) is 24.7 Å². The van der Waals surface area contributed by atoms with Crippen molar-refractivity contribution < 1.29 is 18.3 Å². The second-order valence-corrected chi connectivity index (χ2v) is 4.42. The minimum atomic E-state index is -4.24. The summed E-state index contributed by atoms with van der Waals surface area (Å²) in [7, 11) is 0. The maximum atomic E-state index is 12.0. The second kappa shape index (κ2) is 4.51. The van der Waals surface area contributed by atoms with Crippen LogP contribution in [0.5, 0.6) is 0 Å². The van der Waals surface area contributed by atoms with E-state index in [9.17, 15) is 18.3 Å². The lowest BCUT2D eigenvalue weighted by atomic mass is 9.79. The summed E-state index contributed by atoms with van der Waals surface area (Å²) < 4.78 is 36.0. The molecule has 1 N–H and O–H groups in total. The van der Waals surface area contributed by atoms with Gasteiger partial charge < -0.3 is 5.11 Å². The van der Waals surface area contributed by atoms with E-state index >= 15 is 0 Å². The average molecular weight is 210 g/mol. The molecule has 1 rings (SSSR count). The van der Waals surface area contributed by atoms with Crippen LogP contribution in [0.3, 0.4) is 0 Å². The smallest absolute Gasteiger partial charge is 0.391 e. The van der Waals surface area contributed by atoms with Crippen LogP contribution in [0.25, 0.3) is 0 Å². The maximum Gasteiger partial charge on any atom is 0.391 e. The molecule has 1 aliphatic carbocycles. The van der Waals surface area contributed by atoms with E-state index in [4.69, 9.17) is 0 Å². The fourth-order valence-electron chi connectivity index (χ4n) is 2.23. The minimum Gasteiger partial charge on any atom is -0.392 e. The van der Waals surface area contributed by atoms with E-state index in [2.05, 4.69) is 0 Å². The first-order chi connectivity index (χ1) is 6.38. The van der Waals surface area contributed by atoms with E-state index in [1.807, 2.05) is 6.92 Å². The molecule has 0 aliphatic heterocycles. The van der Waals surface area contributed by atoms with Gasteiger partial charge in [0, 0.05) is 0 Å². The molecule has 0 saturated heterocycles. The summed E-state index contributed by atoms with van der Waals surface area (Å²) in [6.07, 6.45) is -2.99. The Balaban J connectivity index is 2.39. The van der Waals surface area contributed by atoms with Crippen molar-refractivity contribution in [2.24, 2.45) is 11.8 Å². The molecule has 0 aromatic rings. The van der Waals surface area contributed by atoms with Gasteiger partial charge in [-0.1, -0.05) is 19.8 Å². The van der Waals surface area contributed by atoms with E-state index < -0.39 is 18.7 Å². The molecule has 3 unspecified atom stereocenters. The molecule has 0 heterocycles. The van der Waals surface area contributed by atoms with Gasteiger partial charge >= 0.3 is 6.18 Å². The van der Waals surface area contributed by atoms with Crippen molar-refractivity contribution in [3.8, 4) is 0 Å². The van der Waals surface area contributed by atoms with Gasteiger partial charge in [-0.3, -0.25) is 0 Å². The van der Waals surface area contributed by atoms with Gasteiger partial charge in [0.25, 0.3) is 0 Å². The van der Waals surface area contributed by atoms with Crippen LogP contribution in [0.15, 0.2) is 0 Å². The Bertz CT molecular complexity index is 179. The number of alkyl halides is 3. The molecular weight excluding hydrogens is 193 g/mol. The molecule has 1 aliphatic rings. The Morgan fingerprint density at radius 2 is 2.00 bits per heavy atom. The fourth-order valence-corrected chi connectivity index (χ4v) is 2.23. The van der Waals surface area contributed by atoms with Gasteiger partial charge in [0.05, 0.1) is 12.5 Å². The molecule has 1 fully saturated rings. The third-order valence-corrected chi connectivity index (χ3v) is 2.96. The maximum absolute atomic E-state index is 12.0. The van der Waals surface area contributed by atoms with Crippen LogP contribution in [-0.4, -0.2) is 17.4 Å². The van der Waals surface area contributed by atoms with Crippen LogP contribution in [0, 0.1) is 11.8 Å². The van der Waals surface area contributed by atoms with Crippen molar-refractivity contribution in [3.63, 3.8) is 0 Å². The molecule has 0 amide bonds. The zero-order valence-corrected chi connectivity index (χ0v) is 8.35. The highest BCUT2D eigenvalue weighted by atomic mass is 19.4. The number of aliphatic hydroxyl groups is 1. The molecule has 14 heavy (non-hydrogen) atoms. The molecule has 1 nitrogen and oxygen atoms in total. The van der Waals surface area contributed by atoms with Crippen LogP contribution in [0.4, 0.5) is 13.2 Å². The predicted octanol–water partition coefficient (Wildman–Crippen LogP) is 3.13. The Kier molecular flexibility index (Phi) is 3.81. The van der Waals surface area contributed by atoms with Gasteiger partial charge in [0.1, 0.15) is 0 Å². The fraction of sp³-hybridized carbons (Fsp3) is 1.00. The monoisotopic (exact) mass is 210 g/mol. The van der Waals surface area contributed by atoms with E-state index in [1.165, 1.54) is 0 Å². The van der Waals surface area contributed by atoms with Crippen molar-refractivity contribution in [3.05, 3.63) is 0 Å². The van der Waals surface area contributed by atoms with Gasteiger partial charge in [-0.15, -0.1) is 0 Å². The first-order valence-corrected chi connectivity index (χ1v) is 5.13. The average Bonchev–Trinajstić information content (AvgIpc) is 2.01. The summed E-state index contributed by atoms with van der Waals surface area (Å²) >= 11 is 0. The molecule has 0 radical (unpaired) electrons. The Morgan fingerprint density at radius 3 is 2.50 bits per heavy atom. The Morgan fingerprint density at radius 1 is 1.36 bits per heavy atom. The topological polar surface area (TPSA) is 20.2 Å². The Labute approximate surface area is 82.3 Å². The van der Waals surface area contributed by atoms with Crippen molar-refractivity contribution in [1.82, 2.24) is 0 Å². The summed E-state index contributed by atoms with van der Waals surface area (Å²) in [5.41, 5.74) is 0. The number of rotatable bonds is 2. The second-order valence-electron chi connectivity index (χ2n) is 4.42. The third kappa shape index (κ3) is 3.86. The summed E-state index contributed by atoms with van der Waals surface area (Å²) in [6.45, 7) is 2.03. The zero-order chi connectivity index (χ0) is 10.8. The lowest BCUT2D eigenvalue weighted by Crippen LogP contribution is -2.30. The number of hydrogen-bond donors (Lipinski definition) is 1. The summed E-state index contributed by atoms with van der Waals surface area (Å²) in [5.74, 6) is 0.303. The highest BCUT2D eigenvalue weighted by Gasteiger charge is 2.35. The number of halogens is 3. The summed E-state index contributed by atoms with van der Waals surface area (Å²) in [5, 5.41) is 9.41. The highest BCUT2D eigenvalue weighted by Crippen LogP contribution is 2.34. The van der Waals surface area contributed by atoms with E-state index in [1.54, 1.807) is 0 Å². The molecule has 84 valence electrons. The van der Waals surface area contributed by atoms with Gasteiger partial charge in [0.15, 0.2) is 0 Å². The number of hydrogen-bond acceptors (Lipinski definition) is 1. The van der Waals surface area contributed by atoms with Crippen LogP contribution in [-0.2, 0) is 0 Å². The standard InChI is InChI=1S/C10H17F3O/c1-7-3-2-4-8(5-7)9(14)6-10(11,12)13/h7-9,14H,2-6H2,1H3. The van der Waals surface area contributed by atoms with Crippen LogP contribution in [0.2, 0.25) is 0 Å². The lowest BCUT2D eigenvalue weighted by molar-refractivity contribution is -0.161. The molecule has 0 aromatic heterocycles. The van der Waals surface area contributed by atoms with Crippen LogP contribution >= 0.6 is 0 Å². The van der Waals surface area contributed by atoms with Gasteiger partial charge in [-0.2, -0.15) is 13.2 Å². The van der Waals surface area contributed by atoms with Crippen LogP contribution in [0.1, 0.15) is 39.0 Å².